The first kappa shape index (κ1) is 13.0. The molecule has 96 valence electrons. The molecule has 0 aliphatic heterocycles. The standard InChI is InChI=1S/C13H16BrN3O/c1-7-4-12(10(14)5-11(7)15)16-6-13-17-8(2)9(3)18-13/h4-5,16H,6,15H2,1-3H3. The number of anilines is 2. The number of hydrogen-bond donors (Lipinski definition) is 2. The summed E-state index contributed by atoms with van der Waals surface area (Å²) < 4.78 is 6.45. The van der Waals surface area contributed by atoms with Crippen molar-refractivity contribution in [2.45, 2.75) is 27.3 Å². The average Bonchev–Trinajstić information content (AvgIpc) is 2.62. The predicted molar refractivity (Wildman–Crippen MR) is 76.6 cm³/mol. The average molecular weight is 310 g/mol. The van der Waals surface area contributed by atoms with Crippen molar-refractivity contribution in [1.82, 2.24) is 4.98 Å². The summed E-state index contributed by atoms with van der Waals surface area (Å²) in [6.45, 7) is 6.38. The maximum absolute atomic E-state index is 5.83. The predicted octanol–water partition coefficient (Wildman–Crippen LogP) is 3.56. The second-order valence-corrected chi connectivity index (χ2v) is 5.15. The van der Waals surface area contributed by atoms with E-state index in [9.17, 15) is 0 Å². The van der Waals surface area contributed by atoms with Crippen LogP contribution < -0.4 is 11.1 Å². The number of aromatic nitrogens is 1. The van der Waals surface area contributed by atoms with Crippen LogP contribution >= 0.6 is 15.9 Å². The van der Waals surface area contributed by atoms with Crippen molar-refractivity contribution in [2.24, 2.45) is 0 Å². The molecule has 0 aliphatic carbocycles. The molecule has 3 N–H and O–H groups in total. The van der Waals surface area contributed by atoms with Gasteiger partial charge in [0.15, 0.2) is 0 Å². The van der Waals surface area contributed by atoms with Crippen LogP contribution in [-0.2, 0) is 6.54 Å². The van der Waals surface area contributed by atoms with E-state index in [-0.39, 0.29) is 0 Å². The second-order valence-electron chi connectivity index (χ2n) is 4.29. The third-order valence-electron chi connectivity index (χ3n) is 2.86. The Morgan fingerprint density at radius 2 is 2.06 bits per heavy atom. The van der Waals surface area contributed by atoms with Gasteiger partial charge in [0.25, 0.3) is 0 Å². The van der Waals surface area contributed by atoms with Crippen LogP contribution in [0, 0.1) is 20.8 Å². The van der Waals surface area contributed by atoms with Gasteiger partial charge in [-0.2, -0.15) is 0 Å². The molecule has 0 unspecified atom stereocenters. The van der Waals surface area contributed by atoms with Crippen LogP contribution in [0.3, 0.4) is 0 Å². The van der Waals surface area contributed by atoms with Gasteiger partial charge in [-0.15, -0.1) is 0 Å². The van der Waals surface area contributed by atoms with Crippen LogP contribution in [0.5, 0.6) is 0 Å². The largest absolute Gasteiger partial charge is 0.444 e. The summed E-state index contributed by atoms with van der Waals surface area (Å²) in [6, 6.07) is 3.89. The Hall–Kier alpha value is -1.49. The molecule has 18 heavy (non-hydrogen) atoms. The van der Waals surface area contributed by atoms with E-state index in [1.165, 1.54) is 0 Å². The first-order valence-electron chi connectivity index (χ1n) is 5.69. The molecule has 5 heteroatoms. The maximum Gasteiger partial charge on any atom is 0.213 e. The van der Waals surface area contributed by atoms with Crippen LogP contribution in [-0.4, -0.2) is 4.98 Å². The van der Waals surface area contributed by atoms with Crippen molar-refractivity contribution in [3.8, 4) is 0 Å². The highest BCUT2D eigenvalue weighted by Crippen LogP contribution is 2.28. The third-order valence-corrected chi connectivity index (χ3v) is 3.51. The lowest BCUT2D eigenvalue weighted by Gasteiger charge is -2.09. The lowest BCUT2D eigenvalue weighted by molar-refractivity contribution is 0.478. The Labute approximate surface area is 115 Å². The van der Waals surface area contributed by atoms with Crippen LogP contribution in [0.25, 0.3) is 0 Å². The van der Waals surface area contributed by atoms with E-state index in [0.29, 0.717) is 12.4 Å². The van der Waals surface area contributed by atoms with Gasteiger partial charge in [-0.25, -0.2) is 4.98 Å². The number of halogens is 1. The molecule has 0 radical (unpaired) electrons. The fourth-order valence-electron chi connectivity index (χ4n) is 1.62. The van der Waals surface area contributed by atoms with Crippen LogP contribution in [0.4, 0.5) is 11.4 Å². The number of nitrogens with one attached hydrogen (secondary N) is 1. The summed E-state index contributed by atoms with van der Waals surface area (Å²) in [4.78, 5) is 4.33. The van der Waals surface area contributed by atoms with Gasteiger partial charge in [0, 0.05) is 15.8 Å². The highest BCUT2D eigenvalue weighted by atomic mass is 79.9. The van der Waals surface area contributed by atoms with Gasteiger partial charge in [-0.3, -0.25) is 0 Å². The maximum atomic E-state index is 5.83. The van der Waals surface area contributed by atoms with E-state index < -0.39 is 0 Å². The minimum atomic E-state index is 0.552. The lowest BCUT2D eigenvalue weighted by Crippen LogP contribution is -2.02. The quantitative estimate of drug-likeness (QED) is 0.851. The summed E-state index contributed by atoms with van der Waals surface area (Å²) in [5.74, 6) is 1.55. The zero-order valence-corrected chi connectivity index (χ0v) is 12.3. The Morgan fingerprint density at radius 3 is 2.67 bits per heavy atom. The first-order chi connectivity index (χ1) is 8.47. The Balaban J connectivity index is 2.13. The number of oxazole rings is 1. The molecule has 0 saturated carbocycles. The molecule has 4 nitrogen and oxygen atoms in total. The molecule has 2 rings (SSSR count). The molecule has 0 saturated heterocycles. The highest BCUT2D eigenvalue weighted by molar-refractivity contribution is 9.10. The molecule has 0 spiro atoms. The summed E-state index contributed by atoms with van der Waals surface area (Å²) in [6.07, 6.45) is 0. The highest BCUT2D eigenvalue weighted by Gasteiger charge is 2.07. The molecule has 2 aromatic rings. The van der Waals surface area contributed by atoms with Crippen molar-refractivity contribution in [1.29, 1.82) is 0 Å². The molecular formula is C13H16BrN3O. The smallest absolute Gasteiger partial charge is 0.213 e. The number of nitrogens with two attached hydrogens (primary N) is 1. The van der Waals surface area contributed by atoms with Crippen molar-refractivity contribution in [3.05, 3.63) is 39.5 Å². The van der Waals surface area contributed by atoms with Crippen molar-refractivity contribution >= 4 is 27.3 Å². The van der Waals surface area contributed by atoms with Gasteiger partial charge >= 0.3 is 0 Å². The van der Waals surface area contributed by atoms with Crippen molar-refractivity contribution < 1.29 is 4.42 Å². The van der Waals surface area contributed by atoms with E-state index in [1.807, 2.05) is 32.9 Å². The van der Waals surface area contributed by atoms with Gasteiger partial charge in [-0.1, -0.05) is 0 Å². The number of hydrogen-bond acceptors (Lipinski definition) is 4. The Bertz CT molecular complexity index is 558. The van der Waals surface area contributed by atoms with E-state index in [1.54, 1.807) is 0 Å². The molecule has 1 heterocycles. The summed E-state index contributed by atoms with van der Waals surface area (Å²) >= 11 is 3.48. The van der Waals surface area contributed by atoms with E-state index >= 15 is 0 Å². The number of rotatable bonds is 3. The van der Waals surface area contributed by atoms with Gasteiger partial charge in [-0.05, 0) is 54.4 Å². The van der Waals surface area contributed by atoms with Gasteiger partial charge in [0.1, 0.15) is 5.76 Å². The minimum absolute atomic E-state index is 0.552. The van der Waals surface area contributed by atoms with Gasteiger partial charge < -0.3 is 15.5 Å². The number of nitrogens with zero attached hydrogens (tertiary/aromatic N) is 1. The zero-order chi connectivity index (χ0) is 13.3. The van der Waals surface area contributed by atoms with E-state index in [0.717, 1.165) is 32.9 Å². The second kappa shape index (κ2) is 5.02. The van der Waals surface area contributed by atoms with Crippen LogP contribution in [0.1, 0.15) is 22.9 Å². The first-order valence-corrected chi connectivity index (χ1v) is 6.49. The van der Waals surface area contributed by atoms with Gasteiger partial charge in [0.05, 0.1) is 12.2 Å². The zero-order valence-electron chi connectivity index (χ0n) is 10.7. The van der Waals surface area contributed by atoms with E-state index in [2.05, 4.69) is 26.2 Å². The Kier molecular flexibility index (Phi) is 3.61. The van der Waals surface area contributed by atoms with Crippen molar-refractivity contribution in [3.63, 3.8) is 0 Å². The molecule has 0 amide bonds. The number of nitrogen functional groups attached to an aromatic ring is 1. The molecular weight excluding hydrogens is 294 g/mol. The van der Waals surface area contributed by atoms with Crippen molar-refractivity contribution in [2.75, 3.05) is 11.1 Å². The van der Waals surface area contributed by atoms with Crippen LogP contribution in [0.15, 0.2) is 21.0 Å². The lowest BCUT2D eigenvalue weighted by atomic mass is 10.2. The monoisotopic (exact) mass is 309 g/mol. The molecule has 0 fully saturated rings. The SMILES string of the molecule is Cc1cc(NCc2nc(C)c(C)o2)c(Br)cc1N. The van der Waals surface area contributed by atoms with Crippen LogP contribution in [0.2, 0.25) is 0 Å². The fraction of sp³-hybridized carbons (Fsp3) is 0.308. The molecule has 0 atom stereocenters. The molecule has 1 aromatic heterocycles. The summed E-state index contributed by atoms with van der Waals surface area (Å²) in [5.41, 5.74) is 9.56. The summed E-state index contributed by atoms with van der Waals surface area (Å²) in [7, 11) is 0. The minimum Gasteiger partial charge on any atom is -0.444 e. The number of aryl methyl sites for hydroxylation is 3. The van der Waals surface area contributed by atoms with Gasteiger partial charge in [0.2, 0.25) is 5.89 Å². The molecule has 0 aliphatic rings. The molecule has 0 bridgehead atoms. The number of benzene rings is 1. The fourth-order valence-corrected chi connectivity index (χ4v) is 2.12. The van der Waals surface area contributed by atoms with E-state index in [4.69, 9.17) is 10.2 Å². The third kappa shape index (κ3) is 2.67. The molecule has 1 aromatic carbocycles. The normalized spacial score (nSPS) is 10.7. The summed E-state index contributed by atoms with van der Waals surface area (Å²) in [5, 5.41) is 3.28. The Morgan fingerprint density at radius 1 is 1.33 bits per heavy atom. The topological polar surface area (TPSA) is 64.1 Å².